The van der Waals surface area contributed by atoms with E-state index >= 15 is 0 Å². The van der Waals surface area contributed by atoms with Crippen molar-refractivity contribution in [2.75, 3.05) is 31.3 Å². The number of likely N-dealkylation sites (tertiary alicyclic amines) is 1. The summed E-state index contributed by atoms with van der Waals surface area (Å²) in [4.78, 5) is 28.0. The van der Waals surface area contributed by atoms with Crippen molar-refractivity contribution >= 4 is 23.6 Å². The first-order valence-corrected chi connectivity index (χ1v) is 8.91. The van der Waals surface area contributed by atoms with Crippen LogP contribution < -0.4 is 5.32 Å². The monoisotopic (exact) mass is 313 g/mol. The Morgan fingerprint density at radius 2 is 1.90 bits per heavy atom. The van der Waals surface area contributed by atoms with Gasteiger partial charge < -0.3 is 15.3 Å². The Labute approximate surface area is 129 Å². The van der Waals surface area contributed by atoms with E-state index in [4.69, 9.17) is 0 Å². The molecule has 2 unspecified atom stereocenters. The van der Waals surface area contributed by atoms with E-state index in [0.29, 0.717) is 17.7 Å². The number of thioether (sulfide) groups is 1. The summed E-state index contributed by atoms with van der Waals surface area (Å²) >= 11 is 1.54. The molecule has 2 N–H and O–H groups in total. The fourth-order valence-corrected chi connectivity index (χ4v) is 4.84. The summed E-state index contributed by atoms with van der Waals surface area (Å²) in [5.41, 5.74) is 0. The van der Waals surface area contributed by atoms with Crippen molar-refractivity contribution in [2.24, 2.45) is 0 Å². The molecule has 3 aliphatic heterocycles. The molecule has 0 spiro atoms. The van der Waals surface area contributed by atoms with E-state index in [1.165, 1.54) is 11.8 Å². The summed E-state index contributed by atoms with van der Waals surface area (Å²) < 4.78 is 0. The SMILES string of the molecule is O=C(O)C1CSCN1C(=O)C1CCCN1C1CCNCC1. The number of carbonyl (C=O) groups is 2. The predicted octanol–water partition coefficient (Wildman–Crippen LogP) is 0.189. The fourth-order valence-electron chi connectivity index (χ4n) is 3.69. The first-order chi connectivity index (χ1) is 10.2. The van der Waals surface area contributed by atoms with Crippen molar-refractivity contribution in [2.45, 2.75) is 43.8 Å². The standard InChI is InChI=1S/C14H23N3O3S/c18-13(17-9-21-8-12(17)14(19)20)11-2-1-7-16(11)10-3-5-15-6-4-10/h10-12,15H,1-9H2,(H,19,20). The zero-order chi connectivity index (χ0) is 14.8. The number of carboxylic acids is 1. The van der Waals surface area contributed by atoms with E-state index < -0.39 is 12.0 Å². The molecule has 2 atom stereocenters. The molecule has 0 aromatic rings. The highest BCUT2D eigenvalue weighted by Crippen LogP contribution is 2.29. The molecule has 0 bridgehead atoms. The third-order valence-electron chi connectivity index (χ3n) is 4.81. The highest BCUT2D eigenvalue weighted by Gasteiger charge is 2.42. The van der Waals surface area contributed by atoms with E-state index in [1.54, 1.807) is 4.90 Å². The fraction of sp³-hybridized carbons (Fsp3) is 0.857. The average Bonchev–Trinajstić information content (AvgIpc) is 3.16. The largest absolute Gasteiger partial charge is 0.480 e. The van der Waals surface area contributed by atoms with Crippen molar-refractivity contribution in [3.05, 3.63) is 0 Å². The van der Waals surface area contributed by atoms with Crippen LogP contribution in [0, 0.1) is 0 Å². The number of carboxylic acid groups (broad SMARTS) is 1. The van der Waals surface area contributed by atoms with Gasteiger partial charge in [0, 0.05) is 11.8 Å². The topological polar surface area (TPSA) is 72.9 Å². The van der Waals surface area contributed by atoms with E-state index in [9.17, 15) is 14.7 Å². The lowest BCUT2D eigenvalue weighted by molar-refractivity contribution is -0.150. The van der Waals surface area contributed by atoms with Gasteiger partial charge in [0.25, 0.3) is 0 Å². The molecule has 0 radical (unpaired) electrons. The van der Waals surface area contributed by atoms with Gasteiger partial charge in [0.15, 0.2) is 0 Å². The summed E-state index contributed by atoms with van der Waals surface area (Å²) in [5.74, 6) is 0.191. The molecule has 6 nitrogen and oxygen atoms in total. The van der Waals surface area contributed by atoms with Crippen LogP contribution in [0.1, 0.15) is 25.7 Å². The van der Waals surface area contributed by atoms with E-state index in [2.05, 4.69) is 10.2 Å². The molecule has 0 aliphatic carbocycles. The van der Waals surface area contributed by atoms with Gasteiger partial charge in [0.2, 0.25) is 5.91 Å². The molecular weight excluding hydrogens is 290 g/mol. The minimum Gasteiger partial charge on any atom is -0.480 e. The summed E-state index contributed by atoms with van der Waals surface area (Å²) in [7, 11) is 0. The van der Waals surface area contributed by atoms with Crippen molar-refractivity contribution in [1.82, 2.24) is 15.1 Å². The quantitative estimate of drug-likeness (QED) is 0.775. The lowest BCUT2D eigenvalue weighted by Gasteiger charge is -2.37. The van der Waals surface area contributed by atoms with Crippen LogP contribution in [-0.2, 0) is 9.59 Å². The maximum atomic E-state index is 12.8. The summed E-state index contributed by atoms with van der Waals surface area (Å²) in [5, 5.41) is 12.6. The molecule has 0 saturated carbocycles. The number of hydrogen-bond acceptors (Lipinski definition) is 5. The second-order valence-corrected chi connectivity index (χ2v) is 7.04. The normalized spacial score (nSPS) is 31.7. The molecule has 3 aliphatic rings. The first kappa shape index (κ1) is 15.1. The highest BCUT2D eigenvalue weighted by molar-refractivity contribution is 7.99. The summed E-state index contributed by atoms with van der Waals surface area (Å²) in [6.07, 6.45) is 4.08. The number of aliphatic carboxylic acids is 1. The van der Waals surface area contributed by atoms with Crippen LogP contribution in [0.25, 0.3) is 0 Å². The Balaban J connectivity index is 1.69. The Morgan fingerprint density at radius 1 is 1.14 bits per heavy atom. The minimum absolute atomic E-state index is 0.0310. The number of carbonyl (C=O) groups excluding carboxylic acids is 1. The predicted molar refractivity (Wildman–Crippen MR) is 81.2 cm³/mol. The van der Waals surface area contributed by atoms with Gasteiger partial charge in [0.05, 0.1) is 11.9 Å². The van der Waals surface area contributed by atoms with Crippen LogP contribution in [0.4, 0.5) is 0 Å². The smallest absolute Gasteiger partial charge is 0.327 e. The Kier molecular flexibility index (Phi) is 4.71. The summed E-state index contributed by atoms with van der Waals surface area (Å²) in [6.45, 7) is 3.00. The van der Waals surface area contributed by atoms with Gasteiger partial charge in [-0.3, -0.25) is 9.69 Å². The zero-order valence-electron chi connectivity index (χ0n) is 12.2. The molecule has 21 heavy (non-hydrogen) atoms. The van der Waals surface area contributed by atoms with E-state index in [0.717, 1.165) is 45.3 Å². The molecule has 7 heteroatoms. The van der Waals surface area contributed by atoms with Crippen molar-refractivity contribution < 1.29 is 14.7 Å². The Morgan fingerprint density at radius 3 is 2.62 bits per heavy atom. The van der Waals surface area contributed by atoms with Crippen LogP contribution in [0.5, 0.6) is 0 Å². The lowest BCUT2D eigenvalue weighted by atomic mass is 10.0. The second kappa shape index (κ2) is 6.54. The zero-order valence-corrected chi connectivity index (χ0v) is 13.0. The Hall–Kier alpha value is -0.790. The van der Waals surface area contributed by atoms with Crippen molar-refractivity contribution in [3.8, 4) is 0 Å². The molecule has 3 rings (SSSR count). The van der Waals surface area contributed by atoms with Crippen molar-refractivity contribution in [3.63, 3.8) is 0 Å². The number of amides is 1. The van der Waals surface area contributed by atoms with Gasteiger partial charge in [-0.1, -0.05) is 0 Å². The van der Waals surface area contributed by atoms with Crippen LogP contribution in [0.3, 0.4) is 0 Å². The number of nitrogens with zero attached hydrogens (tertiary/aromatic N) is 2. The molecule has 3 heterocycles. The number of rotatable bonds is 3. The molecule has 0 aromatic heterocycles. The van der Waals surface area contributed by atoms with E-state index in [1.807, 2.05) is 0 Å². The third kappa shape index (κ3) is 3.05. The van der Waals surface area contributed by atoms with Crippen LogP contribution in [-0.4, -0.2) is 76.2 Å². The van der Waals surface area contributed by atoms with Gasteiger partial charge in [-0.15, -0.1) is 11.8 Å². The second-order valence-electron chi connectivity index (χ2n) is 6.04. The molecule has 118 valence electrons. The molecule has 3 saturated heterocycles. The first-order valence-electron chi connectivity index (χ1n) is 7.76. The lowest BCUT2D eigenvalue weighted by Crippen LogP contribution is -2.53. The van der Waals surface area contributed by atoms with Gasteiger partial charge in [-0.2, -0.15) is 0 Å². The van der Waals surface area contributed by atoms with Crippen LogP contribution in [0.15, 0.2) is 0 Å². The number of piperidine rings is 1. The van der Waals surface area contributed by atoms with Crippen LogP contribution >= 0.6 is 11.8 Å². The molecule has 3 fully saturated rings. The molecule has 1 amide bonds. The maximum absolute atomic E-state index is 12.8. The molecule has 0 aromatic carbocycles. The van der Waals surface area contributed by atoms with Gasteiger partial charge >= 0.3 is 5.97 Å². The number of hydrogen-bond donors (Lipinski definition) is 2. The van der Waals surface area contributed by atoms with Crippen molar-refractivity contribution in [1.29, 1.82) is 0 Å². The minimum atomic E-state index is -0.875. The third-order valence-corrected chi connectivity index (χ3v) is 5.82. The maximum Gasteiger partial charge on any atom is 0.327 e. The van der Waals surface area contributed by atoms with Gasteiger partial charge in [-0.25, -0.2) is 4.79 Å². The Bertz CT molecular complexity index is 414. The highest BCUT2D eigenvalue weighted by atomic mass is 32.2. The van der Waals surface area contributed by atoms with Crippen LogP contribution in [0.2, 0.25) is 0 Å². The van der Waals surface area contributed by atoms with Gasteiger partial charge in [-0.05, 0) is 45.3 Å². The molecular formula is C14H23N3O3S. The summed E-state index contributed by atoms with van der Waals surface area (Å²) in [6, 6.07) is -0.271. The number of nitrogens with one attached hydrogen (secondary N) is 1. The van der Waals surface area contributed by atoms with E-state index in [-0.39, 0.29) is 11.9 Å². The van der Waals surface area contributed by atoms with Gasteiger partial charge in [0.1, 0.15) is 6.04 Å². The average molecular weight is 313 g/mol.